The third-order valence-electron chi connectivity index (χ3n) is 2.88. The lowest BCUT2D eigenvalue weighted by Crippen LogP contribution is -2.42. The number of halogens is 1. The molecular formula is C14H27IN4S. The lowest BCUT2D eigenvalue weighted by molar-refractivity contribution is 0.624. The third-order valence-corrected chi connectivity index (χ3v) is 3.92. The van der Waals surface area contributed by atoms with Crippen LogP contribution in [0.25, 0.3) is 0 Å². The molecule has 0 aliphatic heterocycles. The molecule has 0 spiro atoms. The minimum absolute atomic E-state index is 0. The van der Waals surface area contributed by atoms with E-state index in [0.717, 1.165) is 44.0 Å². The van der Waals surface area contributed by atoms with Crippen molar-refractivity contribution >= 4 is 41.3 Å². The van der Waals surface area contributed by atoms with E-state index < -0.39 is 0 Å². The lowest BCUT2D eigenvalue weighted by atomic mass is 10.3. The minimum Gasteiger partial charge on any atom is -0.357 e. The molecule has 4 nitrogen and oxygen atoms in total. The van der Waals surface area contributed by atoms with E-state index in [1.807, 2.05) is 0 Å². The molecule has 0 amide bonds. The molecule has 1 unspecified atom stereocenters. The van der Waals surface area contributed by atoms with Gasteiger partial charge in [-0.05, 0) is 26.7 Å². The van der Waals surface area contributed by atoms with Crippen molar-refractivity contribution in [3.8, 4) is 0 Å². The first-order chi connectivity index (χ1) is 9.19. The predicted molar refractivity (Wildman–Crippen MR) is 99.5 cm³/mol. The Morgan fingerprint density at radius 3 is 2.70 bits per heavy atom. The lowest BCUT2D eigenvalue weighted by Gasteiger charge is -2.15. The molecule has 1 atom stereocenters. The fourth-order valence-corrected chi connectivity index (χ4v) is 2.34. The van der Waals surface area contributed by atoms with Crippen LogP contribution in [0.1, 0.15) is 44.8 Å². The number of nitrogens with one attached hydrogen (secondary N) is 2. The van der Waals surface area contributed by atoms with E-state index >= 15 is 0 Å². The van der Waals surface area contributed by atoms with E-state index in [4.69, 9.17) is 0 Å². The number of thiazole rings is 1. The minimum atomic E-state index is 0. The van der Waals surface area contributed by atoms with Crippen molar-refractivity contribution in [3.63, 3.8) is 0 Å². The average Bonchev–Trinajstić information content (AvgIpc) is 2.86. The third kappa shape index (κ3) is 7.42. The molecule has 2 N–H and O–H groups in total. The molecule has 0 bridgehead atoms. The Bertz CT molecular complexity index is 392. The highest BCUT2D eigenvalue weighted by Gasteiger charge is 2.03. The van der Waals surface area contributed by atoms with Crippen molar-refractivity contribution in [2.45, 2.75) is 53.0 Å². The first kappa shape index (κ1) is 19.6. The smallest absolute Gasteiger partial charge is 0.191 e. The zero-order chi connectivity index (χ0) is 14.1. The SMILES string of the molecule is CCNC(=NCCc1csc(CC)n1)NC(C)CC.I. The van der Waals surface area contributed by atoms with Gasteiger partial charge in [-0.15, -0.1) is 35.3 Å². The van der Waals surface area contributed by atoms with Crippen molar-refractivity contribution in [2.75, 3.05) is 13.1 Å². The average molecular weight is 410 g/mol. The second kappa shape index (κ2) is 11.3. The summed E-state index contributed by atoms with van der Waals surface area (Å²) in [5.74, 6) is 0.905. The first-order valence-corrected chi connectivity index (χ1v) is 8.05. The summed E-state index contributed by atoms with van der Waals surface area (Å²) in [4.78, 5) is 9.15. The summed E-state index contributed by atoms with van der Waals surface area (Å²) in [6.45, 7) is 10.2. The highest BCUT2D eigenvalue weighted by Crippen LogP contribution is 2.10. The highest BCUT2D eigenvalue weighted by molar-refractivity contribution is 14.0. The molecule has 1 rings (SSSR count). The molecule has 6 heteroatoms. The van der Waals surface area contributed by atoms with Gasteiger partial charge < -0.3 is 10.6 Å². The molecule has 1 heterocycles. The standard InChI is InChI=1S/C14H26N4S.HI/c1-5-11(4)17-14(15-7-3)16-9-8-12-10-19-13(6-2)18-12;/h10-11H,5-9H2,1-4H3,(H2,15,16,17);1H. The molecule has 0 aromatic carbocycles. The summed E-state index contributed by atoms with van der Waals surface area (Å²) in [6, 6.07) is 0.448. The molecule has 0 saturated carbocycles. The molecule has 1 aromatic heterocycles. The maximum absolute atomic E-state index is 4.59. The topological polar surface area (TPSA) is 49.3 Å². The van der Waals surface area contributed by atoms with E-state index in [9.17, 15) is 0 Å². The highest BCUT2D eigenvalue weighted by atomic mass is 127. The Balaban J connectivity index is 0.00000361. The van der Waals surface area contributed by atoms with Crippen LogP contribution in [-0.4, -0.2) is 30.1 Å². The van der Waals surface area contributed by atoms with Gasteiger partial charge in [-0.1, -0.05) is 13.8 Å². The van der Waals surface area contributed by atoms with Crippen molar-refractivity contribution in [3.05, 3.63) is 16.1 Å². The summed E-state index contributed by atoms with van der Waals surface area (Å²) in [7, 11) is 0. The van der Waals surface area contributed by atoms with Crippen molar-refractivity contribution in [2.24, 2.45) is 4.99 Å². The number of guanidine groups is 1. The maximum atomic E-state index is 4.59. The van der Waals surface area contributed by atoms with Crippen molar-refractivity contribution < 1.29 is 0 Å². The van der Waals surface area contributed by atoms with Gasteiger partial charge in [0.1, 0.15) is 0 Å². The van der Waals surface area contributed by atoms with Crippen LogP contribution in [0.4, 0.5) is 0 Å². The Labute approximate surface area is 143 Å². The van der Waals surface area contributed by atoms with Crippen molar-refractivity contribution in [1.29, 1.82) is 0 Å². The first-order valence-electron chi connectivity index (χ1n) is 7.17. The van der Waals surface area contributed by atoms with Gasteiger partial charge in [0, 0.05) is 30.9 Å². The summed E-state index contributed by atoms with van der Waals surface area (Å²) in [5, 5.41) is 10.0. The number of aryl methyl sites for hydroxylation is 1. The number of nitrogens with zero attached hydrogens (tertiary/aromatic N) is 2. The molecule has 0 radical (unpaired) electrons. The van der Waals surface area contributed by atoms with Crippen LogP contribution >= 0.6 is 35.3 Å². The molecular weight excluding hydrogens is 383 g/mol. The van der Waals surface area contributed by atoms with E-state index in [1.165, 1.54) is 5.01 Å². The summed E-state index contributed by atoms with van der Waals surface area (Å²) in [6.07, 6.45) is 3.02. The Hall–Kier alpha value is -0.370. The molecule has 20 heavy (non-hydrogen) atoms. The number of aromatic nitrogens is 1. The van der Waals surface area contributed by atoms with Crippen LogP contribution in [0.5, 0.6) is 0 Å². The monoisotopic (exact) mass is 410 g/mol. The predicted octanol–water partition coefficient (Wildman–Crippen LogP) is 3.22. The summed E-state index contributed by atoms with van der Waals surface area (Å²) < 4.78 is 0. The van der Waals surface area contributed by atoms with Gasteiger partial charge in [0.2, 0.25) is 0 Å². The van der Waals surface area contributed by atoms with Crippen LogP contribution in [0.3, 0.4) is 0 Å². The van der Waals surface area contributed by atoms with E-state index in [0.29, 0.717) is 6.04 Å². The number of hydrogen-bond donors (Lipinski definition) is 2. The van der Waals surface area contributed by atoms with E-state index in [2.05, 4.69) is 53.7 Å². The van der Waals surface area contributed by atoms with Gasteiger partial charge in [0.15, 0.2) is 5.96 Å². The maximum Gasteiger partial charge on any atom is 0.191 e. The summed E-state index contributed by atoms with van der Waals surface area (Å²) >= 11 is 1.74. The van der Waals surface area contributed by atoms with Crippen molar-refractivity contribution in [1.82, 2.24) is 15.6 Å². The molecule has 0 aliphatic carbocycles. The van der Waals surface area contributed by atoms with E-state index in [1.54, 1.807) is 11.3 Å². The Morgan fingerprint density at radius 2 is 2.15 bits per heavy atom. The molecule has 116 valence electrons. The van der Waals surface area contributed by atoms with Crippen LogP contribution in [-0.2, 0) is 12.8 Å². The Morgan fingerprint density at radius 1 is 1.40 bits per heavy atom. The zero-order valence-electron chi connectivity index (χ0n) is 12.9. The zero-order valence-corrected chi connectivity index (χ0v) is 16.0. The molecule has 1 aromatic rings. The van der Waals surface area contributed by atoms with Gasteiger partial charge in [0.25, 0.3) is 0 Å². The number of aliphatic imine (C=N–C) groups is 1. The second-order valence-electron chi connectivity index (χ2n) is 4.55. The molecule has 0 aliphatic rings. The van der Waals surface area contributed by atoms with Crippen LogP contribution in [0, 0.1) is 0 Å². The molecule has 0 saturated heterocycles. The largest absolute Gasteiger partial charge is 0.357 e. The Kier molecular flexibility index (Phi) is 11.1. The van der Waals surface area contributed by atoms with Crippen LogP contribution < -0.4 is 10.6 Å². The van der Waals surface area contributed by atoms with Crippen LogP contribution in [0.2, 0.25) is 0 Å². The fourth-order valence-electron chi connectivity index (χ4n) is 1.56. The molecule has 0 fully saturated rings. The van der Waals surface area contributed by atoms with Gasteiger partial charge in [-0.3, -0.25) is 4.99 Å². The van der Waals surface area contributed by atoms with Gasteiger partial charge in [0.05, 0.1) is 10.7 Å². The number of hydrogen-bond acceptors (Lipinski definition) is 3. The van der Waals surface area contributed by atoms with Gasteiger partial charge in [-0.2, -0.15) is 0 Å². The normalized spacial score (nSPS) is 12.7. The summed E-state index contributed by atoms with van der Waals surface area (Å²) in [5.41, 5.74) is 1.16. The van der Waals surface area contributed by atoms with Gasteiger partial charge >= 0.3 is 0 Å². The van der Waals surface area contributed by atoms with E-state index in [-0.39, 0.29) is 24.0 Å². The number of rotatable bonds is 7. The second-order valence-corrected chi connectivity index (χ2v) is 5.49. The van der Waals surface area contributed by atoms with Gasteiger partial charge in [-0.25, -0.2) is 4.98 Å². The van der Waals surface area contributed by atoms with Crippen LogP contribution in [0.15, 0.2) is 10.4 Å². The quantitative estimate of drug-likeness (QED) is 0.412. The fraction of sp³-hybridized carbons (Fsp3) is 0.714.